The van der Waals surface area contributed by atoms with Crippen molar-refractivity contribution in [3.05, 3.63) is 54.7 Å². The molecule has 7 rings (SSSR count). The number of ether oxygens (including phenoxy) is 2. The number of piperidine rings is 1. The topological polar surface area (TPSA) is 119 Å². The predicted molar refractivity (Wildman–Crippen MR) is 155 cm³/mol. The van der Waals surface area contributed by atoms with Crippen LogP contribution in [-0.4, -0.2) is 69.5 Å². The van der Waals surface area contributed by atoms with Crippen LogP contribution in [0.4, 0.5) is 11.4 Å². The van der Waals surface area contributed by atoms with Crippen LogP contribution >= 0.6 is 11.9 Å². The number of aromatic nitrogens is 4. The summed E-state index contributed by atoms with van der Waals surface area (Å²) in [6.45, 7) is 5.17. The molecule has 2 aromatic carbocycles. The SMILES string of the molecule is CC12CCN(CC1)c1cc(NSCCO)ccc1-c1nnc(o1)-c1ccnc(n1)-c1cccc(c1)OCCCO2. The molecule has 0 spiro atoms. The van der Waals surface area contributed by atoms with Crippen LogP contribution in [0.25, 0.3) is 34.4 Å². The minimum absolute atomic E-state index is 0.112. The summed E-state index contributed by atoms with van der Waals surface area (Å²) in [4.78, 5) is 11.5. The molecule has 2 N–H and O–H groups in total. The second kappa shape index (κ2) is 11.8. The second-order valence-corrected chi connectivity index (χ2v) is 11.0. The maximum Gasteiger partial charge on any atom is 0.266 e. The lowest BCUT2D eigenvalue weighted by Gasteiger charge is -2.41. The molecule has 11 heteroatoms. The van der Waals surface area contributed by atoms with Crippen LogP contribution < -0.4 is 14.4 Å². The first-order valence-corrected chi connectivity index (χ1v) is 14.5. The number of hydrogen-bond acceptors (Lipinski definition) is 11. The van der Waals surface area contributed by atoms with Crippen molar-refractivity contribution in [3.8, 4) is 40.2 Å². The summed E-state index contributed by atoms with van der Waals surface area (Å²) in [5.74, 6) is 2.66. The number of nitrogens with one attached hydrogen (secondary N) is 1. The Hall–Kier alpha value is -3.67. The average Bonchev–Trinajstić information content (AvgIpc) is 3.48. The van der Waals surface area contributed by atoms with E-state index in [2.05, 4.69) is 37.8 Å². The first-order chi connectivity index (χ1) is 19.6. The Morgan fingerprint density at radius 3 is 2.80 bits per heavy atom. The van der Waals surface area contributed by atoms with E-state index >= 15 is 0 Å². The summed E-state index contributed by atoms with van der Waals surface area (Å²) in [6.07, 6.45) is 4.28. The molecule has 0 unspecified atom stereocenters. The Morgan fingerprint density at radius 2 is 1.93 bits per heavy atom. The normalized spacial score (nSPS) is 16.6. The molecular formula is C29H32N6O4S. The number of anilines is 2. The van der Waals surface area contributed by atoms with Gasteiger partial charge in [-0.2, -0.15) is 0 Å². The Balaban J connectivity index is 1.38. The van der Waals surface area contributed by atoms with Crippen molar-refractivity contribution >= 4 is 23.3 Å². The van der Waals surface area contributed by atoms with Gasteiger partial charge in [-0.05, 0) is 56.2 Å². The Morgan fingerprint density at radius 1 is 1.05 bits per heavy atom. The number of aliphatic hydroxyl groups is 1. The molecule has 3 aliphatic rings. The highest BCUT2D eigenvalue weighted by Crippen LogP contribution is 2.38. The van der Waals surface area contributed by atoms with Crippen molar-refractivity contribution in [2.24, 2.45) is 0 Å². The number of fused-ring (bicyclic) bond motifs is 6. The van der Waals surface area contributed by atoms with E-state index in [1.807, 2.05) is 36.4 Å². The molecule has 0 amide bonds. The fourth-order valence-electron chi connectivity index (χ4n) is 4.93. The zero-order valence-electron chi connectivity index (χ0n) is 22.4. The van der Waals surface area contributed by atoms with Crippen LogP contribution in [-0.2, 0) is 4.74 Å². The summed E-state index contributed by atoms with van der Waals surface area (Å²) in [5.41, 5.74) is 4.01. The standard InChI is InChI=1S/C29H32N6O4S/c1-29-9-12-35(13-10-29)25-19-21(34-40-17-14-36)6-7-23(25)27-32-33-28(39-27)24-8-11-30-26(31-24)20-4-2-5-22(18-20)37-15-3-16-38-29/h2,4-8,11,18-19,34,36H,3,9-10,12-17H2,1H3. The molecule has 8 bridgehead atoms. The quantitative estimate of drug-likeness (QED) is 0.257. The third kappa shape index (κ3) is 5.91. The van der Waals surface area contributed by atoms with Crippen LogP contribution in [0.5, 0.6) is 5.75 Å². The first-order valence-electron chi connectivity index (χ1n) is 13.5. The molecule has 1 saturated heterocycles. The smallest absolute Gasteiger partial charge is 0.266 e. The van der Waals surface area contributed by atoms with Gasteiger partial charge < -0.3 is 28.6 Å². The van der Waals surface area contributed by atoms with Crippen LogP contribution in [0.3, 0.4) is 0 Å². The second-order valence-electron chi connectivity index (χ2n) is 10.1. The summed E-state index contributed by atoms with van der Waals surface area (Å²) >= 11 is 1.46. The fourth-order valence-corrected chi connectivity index (χ4v) is 5.41. The predicted octanol–water partition coefficient (Wildman–Crippen LogP) is 5.07. The number of hydrogen-bond donors (Lipinski definition) is 2. The molecule has 2 aromatic heterocycles. The number of aliphatic hydroxyl groups excluding tert-OH is 1. The van der Waals surface area contributed by atoms with Crippen LogP contribution in [0.1, 0.15) is 26.2 Å². The van der Waals surface area contributed by atoms with Gasteiger partial charge in [-0.25, -0.2) is 9.97 Å². The Bertz CT molecular complexity index is 1460. The lowest BCUT2D eigenvalue weighted by atomic mass is 9.92. The highest BCUT2D eigenvalue weighted by Gasteiger charge is 2.32. The monoisotopic (exact) mass is 560 g/mol. The van der Waals surface area contributed by atoms with Gasteiger partial charge in [0, 0.05) is 42.7 Å². The molecule has 4 aromatic rings. The van der Waals surface area contributed by atoms with E-state index in [4.69, 9.17) is 18.9 Å². The number of benzene rings is 2. The average molecular weight is 561 g/mol. The van der Waals surface area contributed by atoms with Gasteiger partial charge in [0.05, 0.1) is 36.7 Å². The molecule has 208 valence electrons. The maximum absolute atomic E-state index is 9.18. The van der Waals surface area contributed by atoms with Gasteiger partial charge in [0.15, 0.2) is 5.82 Å². The minimum Gasteiger partial charge on any atom is -0.493 e. The Kier molecular flexibility index (Phi) is 7.85. The van der Waals surface area contributed by atoms with E-state index in [9.17, 15) is 5.11 Å². The molecular weight excluding hydrogens is 528 g/mol. The van der Waals surface area contributed by atoms with E-state index in [-0.39, 0.29) is 12.2 Å². The van der Waals surface area contributed by atoms with Crippen molar-refractivity contribution < 1.29 is 19.0 Å². The summed E-state index contributed by atoms with van der Waals surface area (Å²) in [6, 6.07) is 15.6. The maximum atomic E-state index is 9.18. The van der Waals surface area contributed by atoms with Crippen molar-refractivity contribution in [1.29, 1.82) is 0 Å². The van der Waals surface area contributed by atoms with E-state index in [0.717, 1.165) is 60.6 Å². The number of rotatable bonds is 4. The molecule has 0 saturated carbocycles. The van der Waals surface area contributed by atoms with Gasteiger partial charge >= 0.3 is 0 Å². The molecule has 0 radical (unpaired) electrons. The molecule has 10 nitrogen and oxygen atoms in total. The third-order valence-corrected chi connectivity index (χ3v) is 7.94. The van der Waals surface area contributed by atoms with E-state index in [1.165, 1.54) is 11.9 Å². The van der Waals surface area contributed by atoms with Gasteiger partial charge in [-0.1, -0.05) is 24.1 Å². The molecule has 1 fully saturated rings. The highest BCUT2D eigenvalue weighted by atomic mass is 32.2. The molecule has 0 aliphatic carbocycles. The first kappa shape index (κ1) is 26.5. The largest absolute Gasteiger partial charge is 0.493 e. The fraction of sp³-hybridized carbons (Fsp3) is 0.379. The van der Waals surface area contributed by atoms with Crippen molar-refractivity contribution in [2.75, 3.05) is 48.3 Å². The van der Waals surface area contributed by atoms with Gasteiger partial charge in [0.25, 0.3) is 5.89 Å². The van der Waals surface area contributed by atoms with E-state index < -0.39 is 0 Å². The van der Waals surface area contributed by atoms with Crippen LogP contribution in [0.2, 0.25) is 0 Å². The zero-order chi connectivity index (χ0) is 27.4. The van der Waals surface area contributed by atoms with Crippen LogP contribution in [0, 0.1) is 0 Å². The third-order valence-electron chi connectivity index (χ3n) is 7.17. The van der Waals surface area contributed by atoms with E-state index in [0.29, 0.717) is 42.3 Å². The summed E-state index contributed by atoms with van der Waals surface area (Å²) in [5, 5.41) is 17.9. The number of nitrogens with zero attached hydrogens (tertiary/aromatic N) is 5. The molecule has 40 heavy (non-hydrogen) atoms. The van der Waals surface area contributed by atoms with Crippen molar-refractivity contribution in [3.63, 3.8) is 0 Å². The van der Waals surface area contributed by atoms with Crippen LogP contribution in [0.15, 0.2) is 59.1 Å². The summed E-state index contributed by atoms with van der Waals surface area (Å²) in [7, 11) is 0. The molecule has 5 heterocycles. The lowest BCUT2D eigenvalue weighted by Crippen LogP contribution is -2.44. The molecule has 3 aliphatic heterocycles. The Labute approximate surface area is 237 Å². The van der Waals surface area contributed by atoms with E-state index in [1.54, 1.807) is 12.3 Å². The molecule has 0 atom stereocenters. The highest BCUT2D eigenvalue weighted by molar-refractivity contribution is 8.00. The van der Waals surface area contributed by atoms with Gasteiger partial charge in [0.1, 0.15) is 11.4 Å². The van der Waals surface area contributed by atoms with Crippen molar-refractivity contribution in [1.82, 2.24) is 20.2 Å². The minimum atomic E-state index is -0.192. The van der Waals surface area contributed by atoms with Gasteiger partial charge in [0.2, 0.25) is 5.89 Å². The summed E-state index contributed by atoms with van der Waals surface area (Å²) < 4.78 is 21.9. The van der Waals surface area contributed by atoms with Crippen molar-refractivity contribution in [2.45, 2.75) is 31.8 Å². The van der Waals surface area contributed by atoms with Gasteiger partial charge in [-0.15, -0.1) is 10.2 Å². The lowest BCUT2D eigenvalue weighted by molar-refractivity contribution is -0.0510. The zero-order valence-corrected chi connectivity index (χ0v) is 23.2. The van der Waals surface area contributed by atoms with Gasteiger partial charge in [-0.3, -0.25) is 0 Å².